The van der Waals surface area contributed by atoms with Gasteiger partial charge in [0.15, 0.2) is 0 Å². The van der Waals surface area contributed by atoms with Crippen LogP contribution in [-0.2, 0) is 0 Å². The smallest absolute Gasteiger partial charge is 0.119 e. The molecule has 0 heterocycles. The molecule has 0 aliphatic heterocycles. The van der Waals surface area contributed by atoms with E-state index in [4.69, 9.17) is 4.74 Å². The molecule has 0 aromatic heterocycles. The molecule has 16 heavy (non-hydrogen) atoms. The van der Waals surface area contributed by atoms with E-state index in [1.165, 1.54) is 5.56 Å². The zero-order valence-corrected chi connectivity index (χ0v) is 10.8. The molecule has 0 saturated heterocycles. The Morgan fingerprint density at radius 3 is 2.62 bits per heavy atom. The first-order valence-electron chi connectivity index (χ1n) is 6.16. The Morgan fingerprint density at radius 2 is 2.00 bits per heavy atom. The van der Waals surface area contributed by atoms with Crippen LogP contribution in [0.25, 0.3) is 0 Å². The molecule has 0 aliphatic rings. The molecule has 0 bridgehead atoms. The second-order valence-corrected chi connectivity index (χ2v) is 4.20. The molecular formula is C14H23NO. The van der Waals surface area contributed by atoms with Gasteiger partial charge in [0.25, 0.3) is 0 Å². The summed E-state index contributed by atoms with van der Waals surface area (Å²) in [5.41, 5.74) is 1.28. The zero-order valence-electron chi connectivity index (χ0n) is 10.8. The lowest BCUT2D eigenvalue weighted by molar-refractivity contribution is 0.339. The van der Waals surface area contributed by atoms with Gasteiger partial charge in [-0.15, -0.1) is 0 Å². The molecular weight excluding hydrogens is 198 g/mol. The fourth-order valence-corrected chi connectivity index (χ4v) is 1.68. The van der Waals surface area contributed by atoms with Gasteiger partial charge in [0.1, 0.15) is 5.75 Å². The number of nitrogens with one attached hydrogen (secondary N) is 1. The van der Waals surface area contributed by atoms with Crippen LogP contribution in [0.3, 0.4) is 0 Å². The van der Waals surface area contributed by atoms with Gasteiger partial charge in [0.05, 0.1) is 6.61 Å². The third-order valence-corrected chi connectivity index (χ3v) is 2.82. The first kappa shape index (κ1) is 13.0. The first-order chi connectivity index (χ1) is 7.67. The summed E-state index contributed by atoms with van der Waals surface area (Å²) in [5.74, 6) is 0.956. The molecule has 2 heteroatoms. The van der Waals surface area contributed by atoms with E-state index in [2.05, 4.69) is 44.3 Å². The molecule has 1 rings (SSSR count). The second-order valence-electron chi connectivity index (χ2n) is 4.20. The molecule has 0 saturated carbocycles. The van der Waals surface area contributed by atoms with Gasteiger partial charge < -0.3 is 10.1 Å². The summed E-state index contributed by atoms with van der Waals surface area (Å²) < 4.78 is 5.50. The second kappa shape index (κ2) is 6.54. The monoisotopic (exact) mass is 221 g/mol. The number of benzene rings is 1. The molecule has 0 amide bonds. The van der Waals surface area contributed by atoms with E-state index < -0.39 is 0 Å². The quantitative estimate of drug-likeness (QED) is 0.793. The van der Waals surface area contributed by atoms with E-state index in [0.717, 1.165) is 18.8 Å². The van der Waals surface area contributed by atoms with Crippen molar-refractivity contribution in [2.75, 3.05) is 6.61 Å². The van der Waals surface area contributed by atoms with E-state index in [1.807, 2.05) is 13.0 Å². The summed E-state index contributed by atoms with van der Waals surface area (Å²) in [7, 11) is 0. The Hall–Kier alpha value is -1.02. The van der Waals surface area contributed by atoms with Crippen LogP contribution in [0.15, 0.2) is 24.3 Å². The maximum Gasteiger partial charge on any atom is 0.119 e. The summed E-state index contributed by atoms with van der Waals surface area (Å²) in [4.78, 5) is 0. The average molecular weight is 221 g/mol. The predicted octanol–water partition coefficient (Wildman–Crippen LogP) is 3.53. The van der Waals surface area contributed by atoms with Crippen molar-refractivity contribution in [1.29, 1.82) is 0 Å². The molecule has 0 spiro atoms. The van der Waals surface area contributed by atoms with Crippen molar-refractivity contribution in [2.45, 2.75) is 46.2 Å². The molecule has 1 aromatic rings. The lowest BCUT2D eigenvalue weighted by Crippen LogP contribution is -2.28. The van der Waals surface area contributed by atoms with Gasteiger partial charge in [-0.05, 0) is 44.9 Å². The minimum atomic E-state index is 0.371. The summed E-state index contributed by atoms with van der Waals surface area (Å²) in [6.07, 6.45) is 1.15. The third-order valence-electron chi connectivity index (χ3n) is 2.82. The highest BCUT2D eigenvalue weighted by molar-refractivity contribution is 5.30. The topological polar surface area (TPSA) is 21.3 Å². The van der Waals surface area contributed by atoms with Gasteiger partial charge in [-0.25, -0.2) is 0 Å². The highest BCUT2D eigenvalue weighted by atomic mass is 16.5. The van der Waals surface area contributed by atoms with E-state index in [9.17, 15) is 0 Å². The van der Waals surface area contributed by atoms with Crippen LogP contribution in [0.2, 0.25) is 0 Å². The van der Waals surface area contributed by atoms with Crippen molar-refractivity contribution in [2.24, 2.45) is 0 Å². The number of hydrogen-bond acceptors (Lipinski definition) is 2. The molecule has 2 nitrogen and oxygen atoms in total. The van der Waals surface area contributed by atoms with Crippen LogP contribution >= 0.6 is 0 Å². The van der Waals surface area contributed by atoms with Gasteiger partial charge >= 0.3 is 0 Å². The lowest BCUT2D eigenvalue weighted by atomic mass is 10.1. The summed E-state index contributed by atoms with van der Waals surface area (Å²) in [6.45, 7) is 9.32. The SMILES string of the molecule is CCOc1cccc([C@H](C)N[C@@H](C)CC)c1. The van der Waals surface area contributed by atoms with E-state index in [0.29, 0.717) is 12.1 Å². The van der Waals surface area contributed by atoms with Crippen molar-refractivity contribution in [3.63, 3.8) is 0 Å². The number of hydrogen-bond donors (Lipinski definition) is 1. The van der Waals surface area contributed by atoms with Gasteiger partial charge in [0.2, 0.25) is 0 Å². The fourth-order valence-electron chi connectivity index (χ4n) is 1.68. The molecule has 0 aliphatic carbocycles. The Morgan fingerprint density at radius 1 is 1.25 bits per heavy atom. The average Bonchev–Trinajstić information content (AvgIpc) is 2.29. The van der Waals surface area contributed by atoms with Crippen molar-refractivity contribution < 1.29 is 4.74 Å². The molecule has 0 unspecified atom stereocenters. The molecule has 1 N–H and O–H groups in total. The van der Waals surface area contributed by atoms with Crippen molar-refractivity contribution in [1.82, 2.24) is 5.32 Å². The van der Waals surface area contributed by atoms with Crippen LogP contribution in [0.1, 0.15) is 45.7 Å². The van der Waals surface area contributed by atoms with Gasteiger partial charge in [-0.3, -0.25) is 0 Å². The summed E-state index contributed by atoms with van der Waals surface area (Å²) in [6, 6.07) is 9.23. The van der Waals surface area contributed by atoms with E-state index >= 15 is 0 Å². The van der Waals surface area contributed by atoms with Gasteiger partial charge in [0, 0.05) is 12.1 Å². The Labute approximate surface area is 99.0 Å². The highest BCUT2D eigenvalue weighted by Crippen LogP contribution is 2.19. The molecule has 0 fully saturated rings. The normalized spacial score (nSPS) is 14.5. The molecule has 1 aromatic carbocycles. The van der Waals surface area contributed by atoms with Crippen LogP contribution in [-0.4, -0.2) is 12.6 Å². The van der Waals surface area contributed by atoms with Gasteiger partial charge in [-0.2, -0.15) is 0 Å². The van der Waals surface area contributed by atoms with Crippen molar-refractivity contribution in [3.8, 4) is 5.75 Å². The van der Waals surface area contributed by atoms with E-state index in [-0.39, 0.29) is 0 Å². The first-order valence-corrected chi connectivity index (χ1v) is 6.16. The maximum absolute atomic E-state index is 5.50. The third kappa shape index (κ3) is 3.86. The van der Waals surface area contributed by atoms with Crippen LogP contribution in [0, 0.1) is 0 Å². The molecule has 2 atom stereocenters. The lowest BCUT2D eigenvalue weighted by Gasteiger charge is -2.19. The van der Waals surface area contributed by atoms with Crippen LogP contribution in [0.4, 0.5) is 0 Å². The fraction of sp³-hybridized carbons (Fsp3) is 0.571. The Balaban J connectivity index is 2.67. The van der Waals surface area contributed by atoms with Crippen molar-refractivity contribution >= 4 is 0 Å². The summed E-state index contributed by atoms with van der Waals surface area (Å²) >= 11 is 0. The Kier molecular flexibility index (Phi) is 5.33. The van der Waals surface area contributed by atoms with Crippen LogP contribution < -0.4 is 10.1 Å². The highest BCUT2D eigenvalue weighted by Gasteiger charge is 2.08. The Bertz CT molecular complexity index is 311. The maximum atomic E-state index is 5.50. The minimum Gasteiger partial charge on any atom is -0.494 e. The standard InChI is InChI=1S/C14H23NO/c1-5-11(3)15-12(4)13-8-7-9-14(10-13)16-6-2/h7-12,15H,5-6H2,1-4H3/t11-,12-/m0/s1. The largest absolute Gasteiger partial charge is 0.494 e. The van der Waals surface area contributed by atoms with Gasteiger partial charge in [-0.1, -0.05) is 19.1 Å². The molecule has 90 valence electrons. The number of rotatable bonds is 6. The predicted molar refractivity (Wildman–Crippen MR) is 68.9 cm³/mol. The van der Waals surface area contributed by atoms with Crippen LogP contribution in [0.5, 0.6) is 5.75 Å². The zero-order chi connectivity index (χ0) is 12.0. The number of ether oxygens (including phenoxy) is 1. The van der Waals surface area contributed by atoms with Crippen molar-refractivity contribution in [3.05, 3.63) is 29.8 Å². The summed E-state index contributed by atoms with van der Waals surface area (Å²) in [5, 5.41) is 3.56. The molecule has 0 radical (unpaired) electrons. The van der Waals surface area contributed by atoms with E-state index in [1.54, 1.807) is 0 Å². The minimum absolute atomic E-state index is 0.371.